The first-order chi connectivity index (χ1) is 6.34. The first-order valence-electron chi connectivity index (χ1n) is 4.18. The second kappa shape index (κ2) is 5.14. The molecule has 0 heterocycles. The molecule has 0 radical (unpaired) electrons. The van der Waals surface area contributed by atoms with E-state index in [-0.39, 0.29) is 5.97 Å². The quantitative estimate of drug-likeness (QED) is 0.522. The summed E-state index contributed by atoms with van der Waals surface area (Å²) in [5.41, 5.74) is 0.590. The van der Waals surface area contributed by atoms with Gasteiger partial charge < -0.3 is 4.74 Å². The summed E-state index contributed by atoms with van der Waals surface area (Å²) in [6.07, 6.45) is 3.64. The summed E-state index contributed by atoms with van der Waals surface area (Å²) in [4.78, 5) is 11.3. The van der Waals surface area contributed by atoms with Crippen LogP contribution in [-0.2, 0) is 4.74 Å². The van der Waals surface area contributed by atoms with E-state index < -0.39 is 0 Å². The molecule has 1 rings (SSSR count). The minimum atomic E-state index is -0.279. The van der Waals surface area contributed by atoms with Gasteiger partial charge in [-0.15, -0.1) is 0 Å². The summed E-state index contributed by atoms with van der Waals surface area (Å²) < 4.78 is 4.94. The first-order valence-corrected chi connectivity index (χ1v) is 4.18. The van der Waals surface area contributed by atoms with E-state index in [2.05, 4.69) is 0 Å². The number of carbonyl (C=O) groups excluding carboxylic acids is 1. The third-order valence-electron chi connectivity index (χ3n) is 1.56. The summed E-state index contributed by atoms with van der Waals surface area (Å²) in [5, 5.41) is 0. The van der Waals surface area contributed by atoms with Gasteiger partial charge in [-0.05, 0) is 19.1 Å². The van der Waals surface area contributed by atoms with Crippen molar-refractivity contribution in [3.63, 3.8) is 0 Å². The Labute approximate surface area is 77.8 Å². The maximum absolute atomic E-state index is 11.3. The molecule has 0 atom stereocenters. The average Bonchev–Trinajstić information content (AvgIpc) is 2.19. The third kappa shape index (κ3) is 3.11. The largest absolute Gasteiger partial charge is 0.458 e. The van der Waals surface area contributed by atoms with Gasteiger partial charge in [0, 0.05) is 0 Å². The van der Waals surface area contributed by atoms with E-state index in [0.717, 1.165) is 0 Å². The minimum Gasteiger partial charge on any atom is -0.458 e. The van der Waals surface area contributed by atoms with Gasteiger partial charge in [0.05, 0.1) is 5.56 Å². The Bertz CT molecular complexity index is 288. The molecule has 68 valence electrons. The molecule has 0 amide bonds. The van der Waals surface area contributed by atoms with Gasteiger partial charge in [-0.2, -0.15) is 0 Å². The van der Waals surface area contributed by atoms with E-state index in [1.165, 1.54) is 0 Å². The molecule has 0 fully saturated rings. The van der Waals surface area contributed by atoms with Crippen molar-refractivity contribution in [2.24, 2.45) is 0 Å². The number of allylic oxidation sites excluding steroid dienone is 1. The molecule has 2 nitrogen and oxygen atoms in total. The Balaban J connectivity index is 2.49. The zero-order chi connectivity index (χ0) is 9.52. The smallest absolute Gasteiger partial charge is 0.338 e. The molecule has 0 saturated carbocycles. The highest BCUT2D eigenvalue weighted by molar-refractivity contribution is 5.89. The average molecular weight is 176 g/mol. The van der Waals surface area contributed by atoms with Crippen molar-refractivity contribution in [2.45, 2.75) is 6.92 Å². The van der Waals surface area contributed by atoms with Gasteiger partial charge in [0.25, 0.3) is 0 Å². The van der Waals surface area contributed by atoms with Gasteiger partial charge in [0.15, 0.2) is 0 Å². The Morgan fingerprint density at radius 2 is 2.08 bits per heavy atom. The molecule has 0 unspecified atom stereocenters. The molecule has 1 aromatic rings. The van der Waals surface area contributed by atoms with Gasteiger partial charge in [-0.1, -0.05) is 30.4 Å². The lowest BCUT2D eigenvalue weighted by Crippen LogP contribution is -2.04. The molecule has 1 aromatic carbocycles. The van der Waals surface area contributed by atoms with Gasteiger partial charge in [-0.25, -0.2) is 4.79 Å². The number of hydrogen-bond acceptors (Lipinski definition) is 2. The predicted octanol–water partition coefficient (Wildman–Crippen LogP) is 2.42. The van der Waals surface area contributed by atoms with Crippen molar-refractivity contribution < 1.29 is 9.53 Å². The van der Waals surface area contributed by atoms with E-state index in [0.29, 0.717) is 12.2 Å². The van der Waals surface area contributed by atoms with Crippen LogP contribution >= 0.6 is 0 Å². The van der Waals surface area contributed by atoms with E-state index >= 15 is 0 Å². The molecule has 0 bridgehead atoms. The van der Waals surface area contributed by atoms with Crippen LogP contribution in [0.5, 0.6) is 0 Å². The van der Waals surface area contributed by atoms with Crippen molar-refractivity contribution in [1.82, 2.24) is 0 Å². The second-order valence-corrected chi connectivity index (χ2v) is 2.53. The van der Waals surface area contributed by atoms with Gasteiger partial charge >= 0.3 is 5.97 Å². The lowest BCUT2D eigenvalue weighted by molar-refractivity contribution is 0.0549. The monoisotopic (exact) mass is 176 g/mol. The van der Waals surface area contributed by atoms with Crippen molar-refractivity contribution in [1.29, 1.82) is 0 Å². The molecule has 0 spiro atoms. The summed E-state index contributed by atoms with van der Waals surface area (Å²) in [5.74, 6) is -0.279. The maximum atomic E-state index is 11.3. The van der Waals surface area contributed by atoms with Crippen LogP contribution in [0.2, 0.25) is 0 Å². The topological polar surface area (TPSA) is 26.3 Å². The minimum absolute atomic E-state index is 0.279. The van der Waals surface area contributed by atoms with Crippen LogP contribution < -0.4 is 0 Å². The maximum Gasteiger partial charge on any atom is 0.338 e. The van der Waals surface area contributed by atoms with Crippen LogP contribution in [0, 0.1) is 0 Å². The standard InChI is InChI=1S/C11H12O2/c1-2-3-9-13-11(12)10-7-5-4-6-8-10/h2-8H,9H2,1H3/b3-2+. The van der Waals surface area contributed by atoms with Crippen molar-refractivity contribution >= 4 is 5.97 Å². The molecular formula is C11H12O2. The molecule has 0 aromatic heterocycles. The fraction of sp³-hybridized carbons (Fsp3) is 0.182. The van der Waals surface area contributed by atoms with E-state index in [4.69, 9.17) is 4.74 Å². The highest BCUT2D eigenvalue weighted by Gasteiger charge is 2.03. The molecule has 0 aliphatic carbocycles. The Morgan fingerprint density at radius 1 is 1.38 bits per heavy atom. The molecule has 2 heteroatoms. The molecule has 0 aliphatic heterocycles. The summed E-state index contributed by atoms with van der Waals surface area (Å²) >= 11 is 0. The van der Waals surface area contributed by atoms with Crippen LogP contribution in [0.4, 0.5) is 0 Å². The van der Waals surface area contributed by atoms with E-state index in [1.54, 1.807) is 18.2 Å². The van der Waals surface area contributed by atoms with E-state index in [9.17, 15) is 4.79 Å². The SMILES string of the molecule is C/C=C/COC(=O)c1ccccc1. The fourth-order valence-electron chi connectivity index (χ4n) is 0.878. The van der Waals surface area contributed by atoms with Crippen molar-refractivity contribution in [3.05, 3.63) is 48.0 Å². The zero-order valence-corrected chi connectivity index (χ0v) is 7.57. The highest BCUT2D eigenvalue weighted by atomic mass is 16.5. The molecule has 0 aliphatic rings. The van der Waals surface area contributed by atoms with Crippen LogP contribution in [0.3, 0.4) is 0 Å². The van der Waals surface area contributed by atoms with Crippen molar-refractivity contribution in [2.75, 3.05) is 6.61 Å². The van der Waals surface area contributed by atoms with Crippen LogP contribution in [-0.4, -0.2) is 12.6 Å². The Morgan fingerprint density at radius 3 is 2.69 bits per heavy atom. The lowest BCUT2D eigenvalue weighted by atomic mass is 10.2. The molecule has 0 N–H and O–H groups in total. The molecule has 0 saturated heterocycles. The Hall–Kier alpha value is -1.57. The van der Waals surface area contributed by atoms with Crippen molar-refractivity contribution in [3.8, 4) is 0 Å². The number of ether oxygens (including phenoxy) is 1. The zero-order valence-electron chi connectivity index (χ0n) is 7.57. The van der Waals surface area contributed by atoms with Gasteiger partial charge in [0.2, 0.25) is 0 Å². The Kier molecular flexibility index (Phi) is 3.76. The number of rotatable bonds is 3. The summed E-state index contributed by atoms with van der Waals surface area (Å²) in [6, 6.07) is 8.96. The molecular weight excluding hydrogens is 164 g/mol. The van der Waals surface area contributed by atoms with Crippen LogP contribution in [0.15, 0.2) is 42.5 Å². The normalized spacial score (nSPS) is 10.2. The first kappa shape index (κ1) is 9.52. The number of carbonyl (C=O) groups is 1. The predicted molar refractivity (Wildman–Crippen MR) is 51.5 cm³/mol. The number of esters is 1. The number of hydrogen-bond donors (Lipinski definition) is 0. The highest BCUT2D eigenvalue weighted by Crippen LogP contribution is 2.00. The lowest BCUT2D eigenvalue weighted by Gasteiger charge is -2.00. The van der Waals surface area contributed by atoms with Gasteiger partial charge in [0.1, 0.15) is 6.61 Å². The van der Waals surface area contributed by atoms with Gasteiger partial charge in [-0.3, -0.25) is 0 Å². The van der Waals surface area contributed by atoms with Crippen LogP contribution in [0.1, 0.15) is 17.3 Å². The molecule has 13 heavy (non-hydrogen) atoms. The van der Waals surface area contributed by atoms with E-state index in [1.807, 2.05) is 31.2 Å². The van der Waals surface area contributed by atoms with Crippen LogP contribution in [0.25, 0.3) is 0 Å². The summed E-state index contributed by atoms with van der Waals surface area (Å²) in [6.45, 7) is 2.22. The fourth-order valence-corrected chi connectivity index (χ4v) is 0.878. The summed E-state index contributed by atoms with van der Waals surface area (Å²) in [7, 11) is 0. The number of benzene rings is 1. The second-order valence-electron chi connectivity index (χ2n) is 2.53. The third-order valence-corrected chi connectivity index (χ3v) is 1.56.